The van der Waals surface area contributed by atoms with Crippen LogP contribution >= 0.6 is 15.9 Å². The molecule has 0 amide bonds. The lowest BCUT2D eigenvalue weighted by Crippen LogP contribution is -2.04. The van der Waals surface area contributed by atoms with E-state index in [4.69, 9.17) is 19.3 Å². The number of methoxy groups -OCH3 is 5. The molecule has 0 spiro atoms. The zero-order chi connectivity index (χ0) is 34.8. The minimum atomic E-state index is -1.000. The van der Waals surface area contributed by atoms with Gasteiger partial charge in [-0.3, -0.25) is 0 Å². The fraction of sp³-hybridized carbons (Fsp3) is 0.306. The lowest BCUT2D eigenvalue weighted by molar-refractivity contribution is 0.0588. The largest absolute Gasteiger partial charge is 0.496 e. The van der Waals surface area contributed by atoms with Crippen LogP contribution in [0.25, 0.3) is 0 Å². The molecule has 46 heavy (non-hydrogen) atoms. The van der Waals surface area contributed by atoms with Gasteiger partial charge in [-0.15, -0.1) is 0 Å². The summed E-state index contributed by atoms with van der Waals surface area (Å²) in [6.45, 7) is 8.03. The lowest BCUT2D eigenvalue weighted by Gasteiger charge is -2.06. The van der Waals surface area contributed by atoms with Crippen molar-refractivity contribution in [2.75, 3.05) is 35.5 Å². The number of carbonyl (C=O) groups excluding carboxylic acids is 2. The van der Waals surface area contributed by atoms with Gasteiger partial charge in [0.1, 0.15) is 33.9 Å². The molecule has 10 heteroatoms. The molecule has 0 aromatic heterocycles. The summed E-state index contributed by atoms with van der Waals surface area (Å²) in [5.74, 6) is 12.1. The van der Waals surface area contributed by atoms with Gasteiger partial charge in [0.15, 0.2) is 0 Å². The van der Waals surface area contributed by atoms with Gasteiger partial charge >= 0.3 is 17.9 Å². The standard InChI is InChI=1S/C14H16O3.C13H14O3.C9H9BrO3/c1-10(2)5-6-11-7-8-12(14(15)17-4)13(9-11)16-3;1-9(2)4-5-10-6-7-11(13(14)15)12(8-10)16-3;1-12-8-5-6(10)3-4-7(8)9(11)13-2/h7-10H,1-4H3;6-9H,1-3H3,(H,14,15);3-5H,1-2H3. The first kappa shape index (κ1) is 39.1. The quantitative estimate of drug-likeness (QED) is 0.212. The number of benzene rings is 3. The van der Waals surface area contributed by atoms with Gasteiger partial charge in [0, 0.05) is 27.4 Å². The monoisotopic (exact) mass is 694 g/mol. The number of halogens is 1. The Morgan fingerprint density at radius 3 is 1.35 bits per heavy atom. The molecule has 0 bridgehead atoms. The molecular weight excluding hydrogens is 656 g/mol. The molecule has 3 aromatic carbocycles. The number of hydrogen-bond donors (Lipinski definition) is 1. The highest BCUT2D eigenvalue weighted by atomic mass is 79.9. The first-order valence-electron chi connectivity index (χ1n) is 13.9. The number of carbonyl (C=O) groups is 3. The predicted octanol–water partition coefficient (Wildman–Crippen LogP) is 7.13. The topological polar surface area (TPSA) is 118 Å². The second kappa shape index (κ2) is 20.2. The number of aromatic carboxylic acids is 1. The van der Waals surface area contributed by atoms with E-state index < -0.39 is 17.9 Å². The van der Waals surface area contributed by atoms with Crippen LogP contribution in [0.4, 0.5) is 0 Å². The van der Waals surface area contributed by atoms with Crippen LogP contribution < -0.4 is 14.2 Å². The number of hydrogen-bond acceptors (Lipinski definition) is 8. The molecule has 0 radical (unpaired) electrons. The average molecular weight is 696 g/mol. The summed E-state index contributed by atoms with van der Waals surface area (Å²) in [5.41, 5.74) is 2.56. The summed E-state index contributed by atoms with van der Waals surface area (Å²) in [5, 5.41) is 8.89. The van der Waals surface area contributed by atoms with Crippen LogP contribution in [0.1, 0.15) is 69.9 Å². The molecule has 0 saturated heterocycles. The Bertz CT molecular complexity index is 1620. The Balaban J connectivity index is 0.000000348. The van der Waals surface area contributed by atoms with E-state index in [1.807, 2.05) is 27.7 Å². The van der Waals surface area contributed by atoms with Crippen molar-refractivity contribution in [2.24, 2.45) is 11.8 Å². The van der Waals surface area contributed by atoms with Gasteiger partial charge < -0.3 is 28.8 Å². The number of rotatable bonds is 6. The summed E-state index contributed by atoms with van der Waals surface area (Å²) in [4.78, 5) is 33.5. The number of esters is 2. The Hall–Kier alpha value is -4.93. The molecule has 0 atom stereocenters. The van der Waals surface area contributed by atoms with E-state index in [1.165, 1.54) is 41.6 Å². The van der Waals surface area contributed by atoms with Gasteiger partial charge in [-0.25, -0.2) is 14.4 Å². The van der Waals surface area contributed by atoms with Crippen molar-refractivity contribution in [3.05, 3.63) is 86.9 Å². The predicted molar refractivity (Wildman–Crippen MR) is 180 cm³/mol. The van der Waals surface area contributed by atoms with E-state index in [-0.39, 0.29) is 11.5 Å². The fourth-order valence-electron chi connectivity index (χ4n) is 3.39. The van der Waals surface area contributed by atoms with E-state index >= 15 is 0 Å². The third kappa shape index (κ3) is 13.0. The number of carboxylic acids is 1. The summed E-state index contributed by atoms with van der Waals surface area (Å²) < 4.78 is 25.3. The molecule has 0 aliphatic rings. The molecule has 0 aliphatic heterocycles. The molecule has 0 fully saturated rings. The van der Waals surface area contributed by atoms with Crippen LogP contribution in [0.15, 0.2) is 59.1 Å². The van der Waals surface area contributed by atoms with E-state index in [1.54, 1.807) is 48.5 Å². The van der Waals surface area contributed by atoms with E-state index in [0.717, 1.165) is 15.6 Å². The molecule has 3 aromatic rings. The van der Waals surface area contributed by atoms with Gasteiger partial charge in [0.2, 0.25) is 0 Å². The normalized spacial score (nSPS) is 9.48. The SMILES string of the molecule is COC(=O)c1ccc(Br)cc1OC.COC(=O)c1ccc(C#CC(C)C)cc1OC.COc1cc(C#CC(C)C)ccc1C(=O)O. The van der Waals surface area contributed by atoms with Gasteiger partial charge in [-0.1, -0.05) is 67.3 Å². The maximum Gasteiger partial charge on any atom is 0.341 e. The van der Waals surface area contributed by atoms with E-state index in [9.17, 15) is 14.4 Å². The van der Waals surface area contributed by atoms with Crippen LogP contribution in [-0.2, 0) is 9.47 Å². The first-order chi connectivity index (χ1) is 21.8. The average Bonchev–Trinajstić information content (AvgIpc) is 3.05. The highest BCUT2D eigenvalue weighted by Crippen LogP contribution is 2.24. The zero-order valence-electron chi connectivity index (χ0n) is 27.4. The third-order valence-corrected chi connectivity index (χ3v) is 6.11. The summed E-state index contributed by atoms with van der Waals surface area (Å²) in [7, 11) is 7.15. The number of ether oxygens (including phenoxy) is 5. The third-order valence-electron chi connectivity index (χ3n) is 5.62. The minimum Gasteiger partial charge on any atom is -0.496 e. The minimum absolute atomic E-state index is 0.151. The molecule has 0 saturated carbocycles. The maximum atomic E-state index is 11.4. The van der Waals surface area contributed by atoms with E-state index in [0.29, 0.717) is 34.3 Å². The molecule has 0 aliphatic carbocycles. The van der Waals surface area contributed by atoms with Crippen molar-refractivity contribution < 1.29 is 43.2 Å². The van der Waals surface area contributed by atoms with Gasteiger partial charge in [0.25, 0.3) is 0 Å². The van der Waals surface area contributed by atoms with Crippen molar-refractivity contribution in [1.82, 2.24) is 0 Å². The van der Waals surface area contributed by atoms with Crippen LogP contribution in [0.5, 0.6) is 17.2 Å². The second-order valence-electron chi connectivity index (χ2n) is 9.81. The Morgan fingerprint density at radius 1 is 0.609 bits per heavy atom. The van der Waals surface area contributed by atoms with Crippen molar-refractivity contribution >= 4 is 33.8 Å². The van der Waals surface area contributed by atoms with Gasteiger partial charge in [0.05, 0.1) is 35.5 Å². The molecule has 9 nitrogen and oxygen atoms in total. The summed E-state index contributed by atoms with van der Waals surface area (Å²) >= 11 is 3.28. The molecule has 3 rings (SSSR count). The van der Waals surface area contributed by atoms with E-state index in [2.05, 4.69) is 49.1 Å². The lowest BCUT2D eigenvalue weighted by atomic mass is 10.1. The smallest absolute Gasteiger partial charge is 0.341 e. The van der Waals surface area contributed by atoms with Crippen molar-refractivity contribution in [3.8, 4) is 40.9 Å². The van der Waals surface area contributed by atoms with Crippen molar-refractivity contribution in [3.63, 3.8) is 0 Å². The Kier molecular flexibility index (Phi) is 17.1. The van der Waals surface area contributed by atoms with Gasteiger partial charge in [-0.05, 0) is 54.6 Å². The Morgan fingerprint density at radius 2 is 0.978 bits per heavy atom. The molecular formula is C36H39BrO9. The molecule has 0 unspecified atom stereocenters. The van der Waals surface area contributed by atoms with Crippen LogP contribution in [0.3, 0.4) is 0 Å². The summed E-state index contributed by atoms with van der Waals surface area (Å²) in [6, 6.07) is 15.1. The highest BCUT2D eigenvalue weighted by molar-refractivity contribution is 9.10. The zero-order valence-corrected chi connectivity index (χ0v) is 29.0. The molecule has 244 valence electrons. The maximum absolute atomic E-state index is 11.4. The summed E-state index contributed by atoms with van der Waals surface area (Å²) in [6.07, 6.45) is 0. The fourth-order valence-corrected chi connectivity index (χ4v) is 3.73. The van der Waals surface area contributed by atoms with Crippen LogP contribution in [0.2, 0.25) is 0 Å². The van der Waals surface area contributed by atoms with Crippen molar-refractivity contribution in [1.29, 1.82) is 0 Å². The van der Waals surface area contributed by atoms with Crippen LogP contribution in [0, 0.1) is 35.5 Å². The number of carboxylic acid groups (broad SMARTS) is 1. The van der Waals surface area contributed by atoms with Crippen LogP contribution in [-0.4, -0.2) is 58.6 Å². The highest BCUT2D eigenvalue weighted by Gasteiger charge is 2.13. The second-order valence-corrected chi connectivity index (χ2v) is 10.7. The molecule has 0 heterocycles. The van der Waals surface area contributed by atoms with Gasteiger partial charge in [-0.2, -0.15) is 0 Å². The van der Waals surface area contributed by atoms with Crippen molar-refractivity contribution in [2.45, 2.75) is 27.7 Å². The Labute approximate surface area is 279 Å². The molecule has 1 N–H and O–H groups in total. The first-order valence-corrected chi connectivity index (χ1v) is 14.7.